The molecular formula is H15As2GaIn2. The van der Waals surface area contributed by atoms with Gasteiger partial charge in [-0.05, 0) is 0 Å². The summed E-state index contributed by atoms with van der Waals surface area (Å²) < 4.78 is 0. The molecule has 2 unspecified atom stereocenters. The Morgan fingerprint density at radius 3 is 0.600 bits per heavy atom. The van der Waals surface area contributed by atoms with Gasteiger partial charge in [-0.3, -0.25) is 0 Å². The van der Waals surface area contributed by atoms with Crippen molar-refractivity contribution >= 4 is 107 Å². The molecule has 5 heteroatoms. The summed E-state index contributed by atoms with van der Waals surface area (Å²) in [6, 6.07) is 0. The summed E-state index contributed by atoms with van der Waals surface area (Å²) in [5.41, 5.74) is 0. The predicted molar refractivity (Wildman–Crippen MR) is 49.7 cm³/mol. The van der Waals surface area contributed by atoms with E-state index >= 15 is 0 Å². The van der Waals surface area contributed by atoms with Crippen LogP contribution in [0.5, 0.6) is 0 Å². The summed E-state index contributed by atoms with van der Waals surface area (Å²) in [7, 11) is 0. The first-order valence-electron chi connectivity index (χ1n) is 0. The van der Waals surface area contributed by atoms with Crippen molar-refractivity contribution in [2.24, 2.45) is 0 Å². The predicted octanol–water partition coefficient (Wildman–Crippen LogP) is -5.92. The van der Waals surface area contributed by atoms with Gasteiger partial charge in [-0.1, -0.05) is 0 Å². The molecule has 0 nitrogen and oxygen atoms in total. The molecule has 0 heterocycles. The molecule has 0 aromatic rings. The van der Waals surface area contributed by atoms with Gasteiger partial charge in [0.05, 0.1) is 0 Å². The third kappa shape index (κ3) is 18.5. The molecule has 2 atom stereocenters. The van der Waals surface area contributed by atoms with Crippen molar-refractivity contribution in [3.63, 3.8) is 0 Å². The Morgan fingerprint density at radius 1 is 0.600 bits per heavy atom. The third-order valence-corrected chi connectivity index (χ3v) is 0. The Bertz CT molecular complexity index is 7.61. The van der Waals surface area contributed by atoms with Crippen molar-refractivity contribution < 1.29 is 0 Å². The first-order chi connectivity index (χ1) is 0. The van der Waals surface area contributed by atoms with E-state index in [9.17, 15) is 0 Å². The molecular weight excluding hydrogens is 449 g/mol. The van der Waals surface area contributed by atoms with E-state index in [2.05, 4.69) is 0 Å². The summed E-state index contributed by atoms with van der Waals surface area (Å²) >= 11 is 0. The average molecular weight is 464 g/mol. The molecule has 0 rings (SSSR count). The fraction of sp³-hybridized carbons (Fsp3) is 0. The molecule has 0 aromatic carbocycles. The van der Waals surface area contributed by atoms with Gasteiger partial charge in [-0.2, -0.15) is 0 Å². The van der Waals surface area contributed by atoms with Crippen molar-refractivity contribution in [1.29, 1.82) is 0 Å². The number of rotatable bonds is 0. The van der Waals surface area contributed by atoms with Crippen LogP contribution in [0.2, 0.25) is 0 Å². The normalized spacial score (nSPS) is 0. The molecule has 34 valence electrons. The van der Waals surface area contributed by atoms with E-state index in [0.717, 1.165) is 0 Å². The van der Waals surface area contributed by atoms with Crippen LogP contribution in [-0.4, -0.2) is 107 Å². The van der Waals surface area contributed by atoms with Gasteiger partial charge in [0.15, 0.2) is 0 Å². The summed E-state index contributed by atoms with van der Waals surface area (Å²) in [5.74, 6) is 0. The van der Waals surface area contributed by atoms with E-state index in [1.54, 1.807) is 0 Å². The second-order valence-electron chi connectivity index (χ2n) is 0. The van der Waals surface area contributed by atoms with Gasteiger partial charge in [-0.15, -0.1) is 0 Å². The van der Waals surface area contributed by atoms with E-state index in [1.807, 2.05) is 0 Å². The maximum atomic E-state index is 0. The topological polar surface area (TPSA) is 0 Å². The SMILES string of the molecule is [AsH3].[AsH3].[GaH3].[InH3].[InH3]. The van der Waals surface area contributed by atoms with Crippen molar-refractivity contribution in [3.8, 4) is 0 Å². The van der Waals surface area contributed by atoms with Crippen LogP contribution in [0.4, 0.5) is 0 Å². The van der Waals surface area contributed by atoms with Gasteiger partial charge < -0.3 is 0 Å². The quantitative estimate of drug-likeness (QED) is 0.314. The Morgan fingerprint density at radius 2 is 0.600 bits per heavy atom. The standard InChI is InChI=1S/2AsH3.Ga.2In.9H/h2*1H3;;;;;;;;;;;;. The first-order valence-corrected chi connectivity index (χ1v) is 0. The van der Waals surface area contributed by atoms with Gasteiger partial charge in [-0.25, -0.2) is 0 Å². The van der Waals surface area contributed by atoms with Gasteiger partial charge in [0.25, 0.3) is 0 Å². The minimum atomic E-state index is 0. The van der Waals surface area contributed by atoms with Crippen molar-refractivity contribution in [2.75, 3.05) is 0 Å². The molecule has 0 aromatic heterocycles. The monoisotopic (exact) mass is 464 g/mol. The van der Waals surface area contributed by atoms with Crippen LogP contribution in [-0.2, 0) is 0 Å². The molecule has 5 heavy (non-hydrogen) atoms. The molecule has 0 spiro atoms. The average Bonchev–Trinajstić information content (AvgIpc) is 0. The van der Waals surface area contributed by atoms with E-state index in [-0.39, 0.29) is 107 Å². The van der Waals surface area contributed by atoms with E-state index in [0.29, 0.717) is 0 Å². The van der Waals surface area contributed by atoms with E-state index in [1.165, 1.54) is 0 Å². The Balaban J connectivity index is 0. The van der Waals surface area contributed by atoms with Crippen LogP contribution in [0.25, 0.3) is 0 Å². The Labute approximate surface area is 105 Å². The Kier molecular flexibility index (Phi) is 202. The summed E-state index contributed by atoms with van der Waals surface area (Å²) in [4.78, 5) is 0. The molecule has 0 N–H and O–H groups in total. The van der Waals surface area contributed by atoms with Gasteiger partial charge in [0.2, 0.25) is 0 Å². The zero-order valence-electron chi connectivity index (χ0n) is 1.41. The molecule has 0 bridgehead atoms. The first kappa shape index (κ1) is 39.1. The fourth-order valence-electron chi connectivity index (χ4n) is 0. The van der Waals surface area contributed by atoms with Gasteiger partial charge >= 0.3 is 107 Å². The van der Waals surface area contributed by atoms with Crippen LogP contribution in [0.15, 0.2) is 0 Å². The molecule has 0 amide bonds. The van der Waals surface area contributed by atoms with E-state index in [4.69, 9.17) is 0 Å². The zero-order chi connectivity index (χ0) is 0. The van der Waals surface area contributed by atoms with Crippen molar-refractivity contribution in [2.45, 2.75) is 0 Å². The van der Waals surface area contributed by atoms with Crippen LogP contribution in [0.3, 0.4) is 0 Å². The van der Waals surface area contributed by atoms with Crippen LogP contribution in [0, 0.1) is 0 Å². The summed E-state index contributed by atoms with van der Waals surface area (Å²) in [6.07, 6.45) is 0. The van der Waals surface area contributed by atoms with Crippen molar-refractivity contribution in [1.82, 2.24) is 0 Å². The van der Waals surface area contributed by atoms with E-state index < -0.39 is 0 Å². The van der Waals surface area contributed by atoms with Crippen LogP contribution in [0.1, 0.15) is 0 Å². The fourth-order valence-corrected chi connectivity index (χ4v) is 0. The van der Waals surface area contributed by atoms with Crippen LogP contribution < -0.4 is 0 Å². The molecule has 0 aliphatic rings. The van der Waals surface area contributed by atoms with Crippen molar-refractivity contribution in [3.05, 3.63) is 0 Å². The Hall–Kier alpha value is 3.49. The summed E-state index contributed by atoms with van der Waals surface area (Å²) in [5, 5.41) is 0. The molecule has 0 saturated carbocycles. The van der Waals surface area contributed by atoms with Crippen LogP contribution >= 0.6 is 0 Å². The number of hydrogen-bond acceptors (Lipinski definition) is 0. The second kappa shape index (κ2) is 25.9. The zero-order valence-corrected chi connectivity index (χ0v) is 7.35. The number of hydrogen-bond donors (Lipinski definition) is 0. The molecule has 0 aliphatic heterocycles. The minimum absolute atomic E-state index is 0. The summed E-state index contributed by atoms with van der Waals surface area (Å²) in [6.45, 7) is 0. The second-order valence-corrected chi connectivity index (χ2v) is 0. The maximum absolute atomic E-state index is 0. The molecule has 0 fully saturated rings. The molecule has 0 aliphatic carbocycles. The third-order valence-electron chi connectivity index (χ3n) is 0. The molecule has 0 radical (unpaired) electrons. The van der Waals surface area contributed by atoms with Gasteiger partial charge in [0, 0.05) is 0 Å². The van der Waals surface area contributed by atoms with Gasteiger partial charge in [0.1, 0.15) is 0 Å². The molecule has 0 saturated heterocycles.